The number of aromatic nitrogens is 6. The van der Waals surface area contributed by atoms with Crippen LogP contribution in [-0.2, 0) is 0 Å². The van der Waals surface area contributed by atoms with Crippen LogP contribution in [0.4, 0.5) is 0 Å². The van der Waals surface area contributed by atoms with E-state index in [1.165, 1.54) is 0 Å². The lowest BCUT2D eigenvalue weighted by atomic mass is 9.97. The lowest BCUT2D eigenvalue weighted by molar-refractivity contribution is 0.979. The molecule has 0 aliphatic rings. The van der Waals surface area contributed by atoms with Crippen LogP contribution in [0.3, 0.4) is 0 Å². The molecular formula is C56H36N6. The lowest BCUT2D eigenvalue weighted by Gasteiger charge is -2.12. The average Bonchev–Trinajstić information content (AvgIpc) is 3.92. The summed E-state index contributed by atoms with van der Waals surface area (Å²) < 4.78 is 4.45. The minimum atomic E-state index is 0.602. The highest BCUT2D eigenvalue weighted by Gasteiger charge is 2.23. The van der Waals surface area contributed by atoms with E-state index in [4.69, 9.17) is 20.1 Å². The molecule has 6 nitrogen and oxygen atoms in total. The van der Waals surface area contributed by atoms with Crippen molar-refractivity contribution in [3.8, 4) is 73.5 Å². The fraction of sp³-hybridized carbons (Fsp3) is 0. The van der Waals surface area contributed by atoms with Gasteiger partial charge < -0.3 is 4.57 Å². The second-order valence-electron chi connectivity index (χ2n) is 15.5. The Morgan fingerprint density at radius 1 is 0.371 bits per heavy atom. The normalized spacial score (nSPS) is 11.5. The van der Waals surface area contributed by atoms with Crippen LogP contribution in [0.5, 0.6) is 0 Å². The Balaban J connectivity index is 1.04. The summed E-state index contributed by atoms with van der Waals surface area (Å²) in [6.45, 7) is 0. The number of hydrogen-bond acceptors (Lipinski definition) is 4. The first-order valence-corrected chi connectivity index (χ1v) is 20.8. The fourth-order valence-electron chi connectivity index (χ4n) is 8.96. The van der Waals surface area contributed by atoms with Crippen LogP contribution in [0.25, 0.3) is 112 Å². The first-order valence-electron chi connectivity index (χ1n) is 20.8. The third kappa shape index (κ3) is 5.88. The molecule has 290 valence electrons. The number of rotatable bonds is 7. The molecule has 0 saturated carbocycles. The van der Waals surface area contributed by atoms with Gasteiger partial charge in [-0.15, -0.1) is 0 Å². The Morgan fingerprint density at radius 2 is 0.903 bits per heavy atom. The predicted octanol–water partition coefficient (Wildman–Crippen LogP) is 13.8. The largest absolute Gasteiger partial charge is 0.309 e. The molecule has 0 amide bonds. The first-order chi connectivity index (χ1) is 30.8. The molecular weight excluding hydrogens is 757 g/mol. The second kappa shape index (κ2) is 14.7. The summed E-state index contributed by atoms with van der Waals surface area (Å²) in [6, 6.07) is 76.1. The summed E-state index contributed by atoms with van der Waals surface area (Å²) in [4.78, 5) is 15.6. The van der Waals surface area contributed by atoms with Crippen molar-refractivity contribution < 1.29 is 0 Å². The van der Waals surface area contributed by atoms with E-state index in [0.29, 0.717) is 17.5 Å². The van der Waals surface area contributed by atoms with Crippen molar-refractivity contribution in [3.05, 3.63) is 218 Å². The van der Waals surface area contributed by atoms with Crippen LogP contribution in [0, 0.1) is 0 Å². The van der Waals surface area contributed by atoms with E-state index < -0.39 is 0 Å². The van der Waals surface area contributed by atoms with Gasteiger partial charge in [-0.1, -0.05) is 188 Å². The summed E-state index contributed by atoms with van der Waals surface area (Å²) in [5.41, 5.74) is 13.4. The van der Waals surface area contributed by atoms with E-state index in [9.17, 15) is 0 Å². The highest BCUT2D eigenvalue weighted by Crippen LogP contribution is 2.42. The maximum absolute atomic E-state index is 5.41. The molecule has 0 aliphatic heterocycles. The number of nitrogens with zero attached hydrogens (tertiary/aromatic N) is 6. The van der Waals surface area contributed by atoms with Gasteiger partial charge in [0.2, 0.25) is 0 Å². The van der Waals surface area contributed by atoms with Crippen molar-refractivity contribution in [3.63, 3.8) is 0 Å². The average molecular weight is 793 g/mol. The quantitative estimate of drug-likeness (QED) is 0.161. The van der Waals surface area contributed by atoms with Crippen LogP contribution in [0.15, 0.2) is 218 Å². The number of fused-ring (bicyclic) bond motifs is 6. The van der Waals surface area contributed by atoms with Crippen molar-refractivity contribution in [1.82, 2.24) is 29.1 Å². The number of para-hydroxylation sites is 2. The Morgan fingerprint density at radius 3 is 1.61 bits per heavy atom. The maximum atomic E-state index is 5.41. The highest BCUT2D eigenvalue weighted by molar-refractivity contribution is 6.15. The van der Waals surface area contributed by atoms with Gasteiger partial charge in [-0.3, -0.25) is 0 Å². The van der Waals surface area contributed by atoms with Crippen LogP contribution >= 0.6 is 0 Å². The summed E-state index contributed by atoms with van der Waals surface area (Å²) >= 11 is 0. The van der Waals surface area contributed by atoms with Gasteiger partial charge in [-0.25, -0.2) is 19.5 Å². The van der Waals surface area contributed by atoms with Gasteiger partial charge in [0.1, 0.15) is 5.69 Å². The molecule has 6 heteroatoms. The zero-order valence-electron chi connectivity index (χ0n) is 33.5. The molecule has 0 spiro atoms. The minimum absolute atomic E-state index is 0.602. The van der Waals surface area contributed by atoms with Gasteiger partial charge in [0, 0.05) is 55.2 Å². The van der Waals surface area contributed by atoms with Crippen molar-refractivity contribution >= 4 is 38.1 Å². The highest BCUT2D eigenvalue weighted by atomic mass is 15.2. The molecule has 0 bridgehead atoms. The zero-order valence-corrected chi connectivity index (χ0v) is 33.5. The third-order valence-electron chi connectivity index (χ3n) is 11.8. The molecule has 0 N–H and O–H groups in total. The molecule has 0 saturated heterocycles. The Bertz CT molecular complexity index is 3600. The molecule has 8 aromatic carbocycles. The van der Waals surface area contributed by atoms with E-state index in [0.717, 1.165) is 94.1 Å². The maximum Gasteiger partial charge on any atom is 0.164 e. The van der Waals surface area contributed by atoms with E-state index >= 15 is 0 Å². The van der Waals surface area contributed by atoms with Crippen molar-refractivity contribution in [1.29, 1.82) is 0 Å². The molecule has 0 unspecified atom stereocenters. The third-order valence-corrected chi connectivity index (χ3v) is 11.8. The fourth-order valence-corrected chi connectivity index (χ4v) is 8.96. The summed E-state index contributed by atoms with van der Waals surface area (Å²) in [7, 11) is 0. The van der Waals surface area contributed by atoms with E-state index in [2.05, 4.69) is 203 Å². The molecule has 0 aliphatic carbocycles. The van der Waals surface area contributed by atoms with E-state index in [1.54, 1.807) is 0 Å². The smallest absolute Gasteiger partial charge is 0.164 e. The second-order valence-corrected chi connectivity index (χ2v) is 15.5. The number of hydrogen-bond donors (Lipinski definition) is 0. The first kappa shape index (κ1) is 35.5. The van der Waals surface area contributed by atoms with Gasteiger partial charge in [-0.05, 0) is 41.3 Å². The zero-order chi connectivity index (χ0) is 41.0. The lowest BCUT2D eigenvalue weighted by Crippen LogP contribution is -2.01. The SMILES string of the molecule is c1ccc(-c2nc(-c3ccc(-c4cc5ccccc5c5c(-c6ccccc6)c(-c6ccccc6)nn45)cc3)nc(-c3cccc4c3c3ccccc3n4-c3ccccc3)n2)cc1. The molecule has 4 aromatic heterocycles. The summed E-state index contributed by atoms with van der Waals surface area (Å²) in [5.74, 6) is 1.84. The van der Waals surface area contributed by atoms with Crippen LogP contribution < -0.4 is 0 Å². The standard InChI is InChI=1S/C56H36N6/c1-5-18-38(19-6-1)50-52(39-20-7-2-8-21-39)60-62-49(36-42-24-13-14-27-44(42)53(50)62)37-32-34-41(35-33-37)55-57-54(40-22-9-3-10-23-40)58-56(59-55)46-29-17-31-48-51(46)45-28-15-16-30-47(45)61(48)43-25-11-4-12-26-43/h1-36H. The van der Waals surface area contributed by atoms with Gasteiger partial charge in [-0.2, -0.15) is 5.10 Å². The van der Waals surface area contributed by atoms with Crippen LogP contribution in [0.2, 0.25) is 0 Å². The van der Waals surface area contributed by atoms with Crippen LogP contribution in [-0.4, -0.2) is 29.1 Å². The monoisotopic (exact) mass is 792 g/mol. The molecule has 12 aromatic rings. The predicted molar refractivity (Wildman–Crippen MR) is 253 cm³/mol. The molecule has 4 heterocycles. The van der Waals surface area contributed by atoms with Gasteiger partial charge >= 0.3 is 0 Å². The molecule has 0 atom stereocenters. The molecule has 0 radical (unpaired) electrons. The van der Waals surface area contributed by atoms with Gasteiger partial charge in [0.15, 0.2) is 17.5 Å². The Kier molecular flexibility index (Phi) is 8.38. The minimum Gasteiger partial charge on any atom is -0.309 e. The molecule has 12 rings (SSSR count). The summed E-state index contributed by atoms with van der Waals surface area (Å²) in [6.07, 6.45) is 0. The van der Waals surface area contributed by atoms with Gasteiger partial charge in [0.05, 0.1) is 22.2 Å². The number of benzene rings is 8. The van der Waals surface area contributed by atoms with Crippen LogP contribution in [0.1, 0.15) is 0 Å². The number of pyridine rings is 1. The van der Waals surface area contributed by atoms with E-state index in [1.807, 2.05) is 24.3 Å². The van der Waals surface area contributed by atoms with E-state index in [-0.39, 0.29) is 0 Å². The van der Waals surface area contributed by atoms with Crippen molar-refractivity contribution in [2.24, 2.45) is 0 Å². The topological polar surface area (TPSA) is 60.9 Å². The Hall–Kier alpha value is -8.48. The summed E-state index contributed by atoms with van der Waals surface area (Å²) in [5, 5.41) is 9.94. The van der Waals surface area contributed by atoms with Crippen molar-refractivity contribution in [2.45, 2.75) is 0 Å². The van der Waals surface area contributed by atoms with Gasteiger partial charge in [0.25, 0.3) is 0 Å². The molecule has 62 heavy (non-hydrogen) atoms. The van der Waals surface area contributed by atoms with Crippen molar-refractivity contribution in [2.75, 3.05) is 0 Å². The Labute approximate surface area is 357 Å². The molecule has 0 fully saturated rings.